The topological polar surface area (TPSA) is 46.5 Å². The minimum atomic E-state index is -0.877. The first-order chi connectivity index (χ1) is 13.1. The summed E-state index contributed by atoms with van der Waals surface area (Å²) in [7, 11) is 1.75. The maximum atomic E-state index is 11.7. The Morgan fingerprint density at radius 2 is 1.63 bits per heavy atom. The second-order valence-corrected chi connectivity index (χ2v) is 8.96. The Labute approximate surface area is 160 Å². The van der Waals surface area contributed by atoms with Gasteiger partial charge >= 0.3 is 5.97 Å². The smallest absolute Gasteiger partial charge is 0.336 e. The van der Waals surface area contributed by atoms with Crippen molar-refractivity contribution in [3.05, 3.63) is 53.6 Å². The number of ether oxygens (including phenoxy) is 1. The molecule has 3 nitrogen and oxygen atoms in total. The summed E-state index contributed by atoms with van der Waals surface area (Å²) in [6.45, 7) is 0. The Balaban J connectivity index is 1.64. The van der Waals surface area contributed by atoms with Crippen LogP contribution in [0.3, 0.4) is 0 Å². The molecule has 0 aromatic heterocycles. The van der Waals surface area contributed by atoms with Gasteiger partial charge in [0.1, 0.15) is 5.75 Å². The quantitative estimate of drug-likeness (QED) is 0.778. The van der Waals surface area contributed by atoms with Gasteiger partial charge in [0.05, 0.1) is 12.7 Å². The molecule has 1 N–H and O–H groups in total. The summed E-state index contributed by atoms with van der Waals surface area (Å²) in [4.78, 5) is 11.7. The lowest BCUT2D eigenvalue weighted by Crippen LogP contribution is -2.48. The Hall–Kier alpha value is -2.29. The van der Waals surface area contributed by atoms with Crippen LogP contribution in [0, 0.1) is 17.8 Å². The monoisotopic (exact) mass is 362 g/mol. The van der Waals surface area contributed by atoms with Crippen molar-refractivity contribution in [2.45, 2.75) is 43.9 Å². The van der Waals surface area contributed by atoms with Crippen LogP contribution in [0.4, 0.5) is 0 Å². The van der Waals surface area contributed by atoms with E-state index in [1.54, 1.807) is 19.2 Å². The van der Waals surface area contributed by atoms with Gasteiger partial charge < -0.3 is 9.84 Å². The molecule has 2 aromatic rings. The highest BCUT2D eigenvalue weighted by Gasteiger charge is 2.52. The maximum absolute atomic E-state index is 11.7. The molecule has 0 heterocycles. The van der Waals surface area contributed by atoms with Gasteiger partial charge in [-0.2, -0.15) is 0 Å². The van der Waals surface area contributed by atoms with Gasteiger partial charge in [-0.05, 0) is 91.0 Å². The Morgan fingerprint density at radius 3 is 2.22 bits per heavy atom. The highest BCUT2D eigenvalue weighted by molar-refractivity contribution is 5.96. The van der Waals surface area contributed by atoms with E-state index in [1.165, 1.54) is 44.1 Å². The summed E-state index contributed by atoms with van der Waals surface area (Å²) in [6, 6.07) is 13.6. The molecular formula is C24H26O3. The third-order valence-electron chi connectivity index (χ3n) is 7.28. The Bertz CT molecular complexity index is 863. The van der Waals surface area contributed by atoms with Gasteiger partial charge in [0.25, 0.3) is 0 Å². The predicted molar refractivity (Wildman–Crippen MR) is 105 cm³/mol. The standard InChI is InChI=1S/C24H26O3/c1-27-22-7-6-18(19-4-2-3-5-20(19)23(25)26)11-21(22)24-12-15-8-16(13-24)10-17(9-15)14-24/h2-7,11,15-17H,8-10,12-14H2,1H3,(H,25,26). The molecule has 140 valence electrons. The van der Waals surface area contributed by atoms with Gasteiger partial charge in [-0.3, -0.25) is 0 Å². The third-order valence-corrected chi connectivity index (χ3v) is 7.28. The van der Waals surface area contributed by atoms with Gasteiger partial charge in [-0.25, -0.2) is 4.79 Å². The van der Waals surface area contributed by atoms with Gasteiger partial charge in [-0.15, -0.1) is 0 Å². The van der Waals surface area contributed by atoms with Crippen molar-refractivity contribution in [1.29, 1.82) is 0 Å². The third kappa shape index (κ3) is 2.67. The summed E-state index contributed by atoms with van der Waals surface area (Å²) in [5.41, 5.74) is 3.66. The van der Waals surface area contributed by atoms with E-state index < -0.39 is 5.97 Å². The molecule has 0 atom stereocenters. The lowest BCUT2D eigenvalue weighted by atomic mass is 9.48. The van der Waals surface area contributed by atoms with E-state index in [1.807, 2.05) is 24.3 Å². The first kappa shape index (κ1) is 16.9. The largest absolute Gasteiger partial charge is 0.496 e. The normalized spacial score (nSPS) is 31.1. The van der Waals surface area contributed by atoms with Crippen molar-refractivity contribution in [2.24, 2.45) is 17.8 Å². The van der Waals surface area contributed by atoms with E-state index in [2.05, 4.69) is 6.07 Å². The molecule has 27 heavy (non-hydrogen) atoms. The number of rotatable bonds is 4. The predicted octanol–water partition coefficient (Wildman–Crippen LogP) is 5.53. The Morgan fingerprint density at radius 1 is 1.00 bits per heavy atom. The van der Waals surface area contributed by atoms with Crippen LogP contribution in [0.15, 0.2) is 42.5 Å². The second kappa shape index (κ2) is 6.12. The van der Waals surface area contributed by atoms with E-state index in [0.29, 0.717) is 5.56 Å². The summed E-state index contributed by atoms with van der Waals surface area (Å²) in [5, 5.41) is 9.60. The van der Waals surface area contributed by atoms with Gasteiger partial charge in [-0.1, -0.05) is 24.3 Å². The van der Waals surface area contributed by atoms with Crippen molar-refractivity contribution < 1.29 is 14.6 Å². The van der Waals surface area contributed by atoms with E-state index >= 15 is 0 Å². The zero-order valence-corrected chi connectivity index (χ0v) is 15.8. The molecule has 0 aliphatic heterocycles. The van der Waals surface area contributed by atoms with E-state index in [9.17, 15) is 9.90 Å². The van der Waals surface area contributed by atoms with Crippen LogP contribution < -0.4 is 4.74 Å². The molecule has 2 aromatic carbocycles. The fraction of sp³-hybridized carbons (Fsp3) is 0.458. The molecule has 4 fully saturated rings. The zero-order valence-electron chi connectivity index (χ0n) is 15.8. The highest BCUT2D eigenvalue weighted by Crippen LogP contribution is 2.62. The fourth-order valence-electron chi connectivity index (χ4n) is 6.65. The number of carboxylic acid groups (broad SMARTS) is 1. The van der Waals surface area contributed by atoms with Crippen LogP contribution in [0.25, 0.3) is 11.1 Å². The molecule has 4 aliphatic carbocycles. The molecule has 0 saturated heterocycles. The molecule has 3 heteroatoms. The molecule has 0 amide bonds. The molecule has 0 unspecified atom stereocenters. The number of benzene rings is 2. The van der Waals surface area contributed by atoms with Crippen molar-refractivity contribution >= 4 is 5.97 Å². The molecule has 4 aliphatic rings. The molecule has 0 spiro atoms. The van der Waals surface area contributed by atoms with Gasteiger partial charge in [0.15, 0.2) is 0 Å². The number of hydrogen-bond donors (Lipinski definition) is 1. The van der Waals surface area contributed by atoms with Crippen LogP contribution in [0.2, 0.25) is 0 Å². The average Bonchev–Trinajstić information content (AvgIpc) is 2.66. The molecule has 4 saturated carbocycles. The summed E-state index contributed by atoms with van der Waals surface area (Å²) < 4.78 is 5.79. The van der Waals surface area contributed by atoms with Crippen molar-refractivity contribution in [2.75, 3.05) is 7.11 Å². The lowest BCUT2D eigenvalue weighted by molar-refractivity contribution is -0.00613. The lowest BCUT2D eigenvalue weighted by Gasteiger charge is -2.57. The number of carboxylic acids is 1. The number of hydrogen-bond acceptors (Lipinski definition) is 2. The zero-order chi connectivity index (χ0) is 18.6. The summed E-state index contributed by atoms with van der Waals surface area (Å²) in [6.07, 6.45) is 8.01. The fourth-order valence-corrected chi connectivity index (χ4v) is 6.65. The van der Waals surface area contributed by atoms with Crippen LogP contribution in [-0.4, -0.2) is 18.2 Å². The van der Waals surface area contributed by atoms with Crippen LogP contribution in [0.1, 0.15) is 54.4 Å². The number of methoxy groups -OCH3 is 1. The van der Waals surface area contributed by atoms with Crippen molar-refractivity contribution in [3.63, 3.8) is 0 Å². The minimum absolute atomic E-state index is 0.217. The summed E-state index contributed by atoms with van der Waals surface area (Å²) >= 11 is 0. The Kier molecular flexibility index (Phi) is 3.82. The average molecular weight is 362 g/mol. The van der Waals surface area contributed by atoms with E-state index in [4.69, 9.17) is 4.74 Å². The SMILES string of the molecule is COc1ccc(-c2ccccc2C(=O)O)cc1C12CC3CC(CC(C3)C1)C2. The van der Waals surface area contributed by atoms with E-state index in [-0.39, 0.29) is 5.41 Å². The number of aromatic carboxylic acids is 1. The molecule has 0 radical (unpaired) electrons. The molecule has 4 bridgehead atoms. The van der Waals surface area contributed by atoms with Crippen LogP contribution in [0.5, 0.6) is 5.75 Å². The van der Waals surface area contributed by atoms with Crippen LogP contribution >= 0.6 is 0 Å². The first-order valence-electron chi connectivity index (χ1n) is 10.1. The van der Waals surface area contributed by atoms with Crippen molar-refractivity contribution in [3.8, 4) is 16.9 Å². The van der Waals surface area contributed by atoms with Gasteiger partial charge in [0, 0.05) is 5.56 Å². The maximum Gasteiger partial charge on any atom is 0.336 e. The first-order valence-corrected chi connectivity index (χ1v) is 10.1. The minimum Gasteiger partial charge on any atom is -0.496 e. The van der Waals surface area contributed by atoms with Gasteiger partial charge in [0.2, 0.25) is 0 Å². The number of carbonyl (C=O) groups is 1. The van der Waals surface area contributed by atoms with Crippen molar-refractivity contribution in [1.82, 2.24) is 0 Å². The molecular weight excluding hydrogens is 336 g/mol. The van der Waals surface area contributed by atoms with Crippen LogP contribution in [-0.2, 0) is 5.41 Å². The summed E-state index contributed by atoms with van der Waals surface area (Å²) in [5.74, 6) is 2.66. The highest BCUT2D eigenvalue weighted by atomic mass is 16.5. The van der Waals surface area contributed by atoms with E-state index in [0.717, 1.165) is 34.6 Å². The molecule has 6 rings (SSSR count). The second-order valence-electron chi connectivity index (χ2n) is 8.96.